The fourth-order valence-electron chi connectivity index (χ4n) is 9.88. The van der Waals surface area contributed by atoms with Crippen LogP contribution in [0.1, 0.15) is 18.1 Å². The standard InChI is InChI=1S/C64H41F2N7O/c1-64(47-15-7-3-8-16-47)55-20-12-11-19-52(55)53-34-27-44(39-57(53)74-64)51-33-28-45(37-54(51)63-71-58(41-13-5-2-6-14-41)67-60(72-63)43-25-31-49(66)32-26-43)61-68-59(42-23-29-48(65)30-24-42)69-62(70-61)46-22-21-40-35-36-73(56(40)38-46)50-17-9-4-10-18-50/h2-39H,1H3. The molecule has 1 unspecified atom stereocenters. The van der Waals surface area contributed by atoms with Crippen molar-refractivity contribution in [2.75, 3.05) is 0 Å². The molecule has 9 aromatic carbocycles. The van der Waals surface area contributed by atoms with Gasteiger partial charge in [-0.05, 0) is 119 Å². The van der Waals surface area contributed by atoms with E-state index in [2.05, 4.69) is 103 Å². The highest BCUT2D eigenvalue weighted by atomic mass is 19.1. The van der Waals surface area contributed by atoms with Crippen LogP contribution in [0.15, 0.2) is 231 Å². The molecule has 12 aromatic rings. The van der Waals surface area contributed by atoms with Gasteiger partial charge in [-0.3, -0.25) is 0 Å². The van der Waals surface area contributed by atoms with Gasteiger partial charge in [0.25, 0.3) is 0 Å². The van der Waals surface area contributed by atoms with Gasteiger partial charge in [0.05, 0.1) is 5.52 Å². The third-order valence-corrected chi connectivity index (χ3v) is 13.7. The van der Waals surface area contributed by atoms with E-state index in [0.29, 0.717) is 57.2 Å². The van der Waals surface area contributed by atoms with E-state index in [1.807, 2.05) is 91.0 Å². The molecule has 0 bridgehead atoms. The van der Waals surface area contributed by atoms with Crippen molar-refractivity contribution in [1.82, 2.24) is 34.5 Å². The third kappa shape index (κ3) is 8.04. The maximum atomic E-state index is 14.4. The van der Waals surface area contributed by atoms with Gasteiger partial charge < -0.3 is 9.30 Å². The highest BCUT2D eigenvalue weighted by Gasteiger charge is 2.38. The van der Waals surface area contributed by atoms with E-state index in [0.717, 1.165) is 66.8 Å². The predicted molar refractivity (Wildman–Crippen MR) is 287 cm³/mol. The summed E-state index contributed by atoms with van der Waals surface area (Å²) in [6.07, 6.45) is 2.05. The predicted octanol–water partition coefficient (Wildman–Crippen LogP) is 15.3. The molecule has 0 saturated heterocycles. The molecule has 8 nitrogen and oxygen atoms in total. The molecule has 1 aliphatic heterocycles. The van der Waals surface area contributed by atoms with E-state index in [1.54, 1.807) is 24.3 Å². The summed E-state index contributed by atoms with van der Waals surface area (Å²) in [5, 5.41) is 1.06. The first-order valence-corrected chi connectivity index (χ1v) is 24.2. The summed E-state index contributed by atoms with van der Waals surface area (Å²) in [7, 11) is 0. The zero-order valence-corrected chi connectivity index (χ0v) is 39.7. The van der Waals surface area contributed by atoms with Gasteiger partial charge in [0.1, 0.15) is 17.4 Å². The Labute approximate surface area is 425 Å². The van der Waals surface area contributed by atoms with Gasteiger partial charge >= 0.3 is 0 Å². The number of para-hydroxylation sites is 1. The lowest BCUT2D eigenvalue weighted by Crippen LogP contribution is -2.34. The zero-order chi connectivity index (χ0) is 49.8. The Hall–Kier alpha value is -9.80. The number of halogens is 2. The van der Waals surface area contributed by atoms with Crippen molar-refractivity contribution >= 4 is 10.9 Å². The van der Waals surface area contributed by atoms with E-state index < -0.39 is 5.60 Å². The number of nitrogens with zero attached hydrogens (tertiary/aromatic N) is 7. The van der Waals surface area contributed by atoms with Crippen LogP contribution in [0.2, 0.25) is 0 Å². The molecule has 13 rings (SSSR count). The lowest BCUT2D eigenvalue weighted by molar-refractivity contribution is 0.129. The van der Waals surface area contributed by atoms with Crippen LogP contribution < -0.4 is 4.74 Å². The Kier molecular flexibility index (Phi) is 10.8. The Morgan fingerprint density at radius 3 is 1.51 bits per heavy atom. The van der Waals surface area contributed by atoms with Crippen LogP contribution in [0.3, 0.4) is 0 Å². The average Bonchev–Trinajstić information content (AvgIpc) is 3.90. The Morgan fingerprint density at radius 2 is 0.865 bits per heavy atom. The summed E-state index contributed by atoms with van der Waals surface area (Å²) in [6, 6.07) is 71.3. The minimum absolute atomic E-state index is 0.367. The number of hydrogen-bond acceptors (Lipinski definition) is 7. The van der Waals surface area contributed by atoms with Gasteiger partial charge in [-0.1, -0.05) is 140 Å². The highest BCUT2D eigenvalue weighted by molar-refractivity contribution is 5.89. The molecule has 0 saturated carbocycles. The smallest absolute Gasteiger partial charge is 0.164 e. The number of fused-ring (bicyclic) bond motifs is 4. The van der Waals surface area contributed by atoms with Crippen molar-refractivity contribution in [3.8, 4) is 102 Å². The van der Waals surface area contributed by atoms with E-state index in [1.165, 1.54) is 24.3 Å². The number of hydrogen-bond donors (Lipinski definition) is 0. The van der Waals surface area contributed by atoms with E-state index in [9.17, 15) is 8.78 Å². The Bertz CT molecular complexity index is 4080. The van der Waals surface area contributed by atoms with Crippen LogP contribution in [0.25, 0.3) is 107 Å². The second kappa shape index (κ2) is 18.1. The molecular weight excluding hydrogens is 921 g/mol. The SMILES string of the molecule is CC1(c2ccccc2)Oc2cc(-c3ccc(-c4nc(-c5ccc(F)cc5)nc(-c5ccc6ccn(-c7ccccc7)c6c5)n4)cc3-c3nc(-c4ccccc4)nc(-c4ccc(F)cc4)n3)ccc2-c2ccccc21. The molecule has 4 heterocycles. The normalized spacial score (nSPS) is 13.8. The summed E-state index contributed by atoms with van der Waals surface area (Å²) in [4.78, 5) is 30.6. The molecule has 0 fully saturated rings. The van der Waals surface area contributed by atoms with Crippen LogP contribution >= 0.6 is 0 Å². The van der Waals surface area contributed by atoms with E-state index >= 15 is 0 Å². The lowest BCUT2D eigenvalue weighted by Gasteiger charge is -2.38. The molecule has 1 aliphatic rings. The minimum Gasteiger partial charge on any atom is -0.477 e. The maximum Gasteiger partial charge on any atom is 0.164 e. The zero-order valence-electron chi connectivity index (χ0n) is 39.7. The van der Waals surface area contributed by atoms with Crippen molar-refractivity contribution < 1.29 is 13.5 Å². The first-order valence-electron chi connectivity index (χ1n) is 24.2. The molecule has 10 heteroatoms. The van der Waals surface area contributed by atoms with Gasteiger partial charge in [-0.25, -0.2) is 38.7 Å². The maximum absolute atomic E-state index is 14.4. The van der Waals surface area contributed by atoms with E-state index in [-0.39, 0.29) is 11.6 Å². The van der Waals surface area contributed by atoms with Crippen LogP contribution in [0.5, 0.6) is 5.75 Å². The first-order chi connectivity index (χ1) is 36.3. The summed E-state index contributed by atoms with van der Waals surface area (Å²) in [5.41, 5.74) is 11.1. The minimum atomic E-state index is -0.785. The molecule has 0 spiro atoms. The first kappa shape index (κ1) is 44.2. The van der Waals surface area contributed by atoms with Gasteiger partial charge in [-0.2, -0.15) is 0 Å². The second-order valence-electron chi connectivity index (χ2n) is 18.3. The Morgan fingerprint density at radius 1 is 0.378 bits per heavy atom. The molecule has 1 atom stereocenters. The molecule has 0 N–H and O–H groups in total. The van der Waals surface area contributed by atoms with Crippen molar-refractivity contribution in [2.24, 2.45) is 0 Å². The summed E-state index contributed by atoms with van der Waals surface area (Å²) in [6.45, 7) is 2.12. The van der Waals surface area contributed by atoms with E-state index in [4.69, 9.17) is 34.6 Å². The quantitative estimate of drug-likeness (QED) is 0.142. The fraction of sp³-hybridized carbons (Fsp3) is 0.0312. The summed E-state index contributed by atoms with van der Waals surface area (Å²) >= 11 is 0. The third-order valence-electron chi connectivity index (χ3n) is 13.7. The number of ether oxygens (including phenoxy) is 1. The fourth-order valence-corrected chi connectivity index (χ4v) is 9.88. The highest BCUT2D eigenvalue weighted by Crippen LogP contribution is 2.50. The van der Waals surface area contributed by atoms with Crippen LogP contribution in [0.4, 0.5) is 8.78 Å². The van der Waals surface area contributed by atoms with Crippen molar-refractivity contribution in [2.45, 2.75) is 12.5 Å². The number of rotatable bonds is 9. The number of benzene rings is 9. The van der Waals surface area contributed by atoms with Gasteiger partial charge in [0.2, 0.25) is 0 Å². The van der Waals surface area contributed by atoms with Crippen LogP contribution in [-0.4, -0.2) is 34.5 Å². The van der Waals surface area contributed by atoms with Gasteiger partial charge in [-0.15, -0.1) is 0 Å². The number of aromatic nitrogens is 7. The molecule has 74 heavy (non-hydrogen) atoms. The van der Waals surface area contributed by atoms with Crippen molar-refractivity contribution in [3.05, 3.63) is 253 Å². The summed E-state index contributed by atoms with van der Waals surface area (Å²) < 4.78 is 38.1. The lowest BCUT2D eigenvalue weighted by atomic mass is 9.80. The van der Waals surface area contributed by atoms with Crippen molar-refractivity contribution in [1.29, 1.82) is 0 Å². The van der Waals surface area contributed by atoms with Gasteiger partial charge in [0, 0.05) is 56.4 Å². The molecule has 0 amide bonds. The monoisotopic (exact) mass is 961 g/mol. The van der Waals surface area contributed by atoms with Gasteiger partial charge in [0.15, 0.2) is 40.5 Å². The molecular formula is C64H41F2N7O. The molecule has 352 valence electrons. The topological polar surface area (TPSA) is 91.5 Å². The molecule has 0 aliphatic carbocycles. The second-order valence-corrected chi connectivity index (χ2v) is 18.3. The summed E-state index contributed by atoms with van der Waals surface area (Å²) in [5.74, 6) is 2.32. The van der Waals surface area contributed by atoms with Crippen LogP contribution in [0, 0.1) is 11.6 Å². The average molecular weight is 962 g/mol. The Balaban J connectivity index is 1.03. The largest absolute Gasteiger partial charge is 0.477 e. The van der Waals surface area contributed by atoms with Crippen LogP contribution in [-0.2, 0) is 5.60 Å². The molecule has 3 aromatic heterocycles. The van der Waals surface area contributed by atoms with Crippen molar-refractivity contribution in [3.63, 3.8) is 0 Å². The molecule has 0 radical (unpaired) electrons.